The first kappa shape index (κ1) is 18.9. The van der Waals surface area contributed by atoms with Crippen LogP contribution in [0.15, 0.2) is 42.5 Å². The molecule has 0 aliphatic carbocycles. The van der Waals surface area contributed by atoms with Gasteiger partial charge in [0.25, 0.3) is 11.8 Å². The van der Waals surface area contributed by atoms with E-state index in [1.165, 1.54) is 6.92 Å². The zero-order valence-electron chi connectivity index (χ0n) is 16.3. The molecule has 2 heterocycles. The number of nitrogens with zero attached hydrogens (tertiary/aromatic N) is 2. The van der Waals surface area contributed by atoms with Gasteiger partial charge in [-0.3, -0.25) is 24.1 Å². The first-order chi connectivity index (χ1) is 13.9. The smallest absolute Gasteiger partial charge is 0.262 e. The van der Waals surface area contributed by atoms with E-state index < -0.39 is 23.8 Å². The van der Waals surface area contributed by atoms with Crippen LogP contribution in [-0.4, -0.2) is 41.1 Å². The summed E-state index contributed by atoms with van der Waals surface area (Å²) in [6, 6.07) is 10.9. The Kier molecular flexibility index (Phi) is 4.66. The van der Waals surface area contributed by atoms with Crippen molar-refractivity contribution in [1.29, 1.82) is 0 Å². The van der Waals surface area contributed by atoms with E-state index in [2.05, 4.69) is 5.32 Å². The lowest BCUT2D eigenvalue weighted by Gasteiger charge is -2.22. The van der Waals surface area contributed by atoms with Crippen LogP contribution in [0.5, 0.6) is 0 Å². The van der Waals surface area contributed by atoms with E-state index >= 15 is 0 Å². The van der Waals surface area contributed by atoms with Crippen LogP contribution in [0.2, 0.25) is 0 Å². The molecule has 1 saturated heterocycles. The van der Waals surface area contributed by atoms with Gasteiger partial charge in [0.1, 0.15) is 6.04 Å². The number of carbonyl (C=O) groups excluding carboxylic acids is 4. The Bertz CT molecular complexity index is 1010. The van der Waals surface area contributed by atoms with Crippen molar-refractivity contribution >= 4 is 35.0 Å². The second kappa shape index (κ2) is 7.16. The van der Waals surface area contributed by atoms with Crippen LogP contribution in [0.25, 0.3) is 0 Å². The van der Waals surface area contributed by atoms with E-state index in [1.54, 1.807) is 47.4 Å². The number of hydrogen-bond acceptors (Lipinski definition) is 4. The topological polar surface area (TPSA) is 86.8 Å². The molecule has 0 bridgehead atoms. The van der Waals surface area contributed by atoms with Gasteiger partial charge in [-0.1, -0.05) is 12.1 Å². The minimum absolute atomic E-state index is 0.101. The van der Waals surface area contributed by atoms with Gasteiger partial charge < -0.3 is 10.2 Å². The molecule has 2 aromatic rings. The molecule has 0 spiro atoms. The Labute approximate surface area is 168 Å². The molecular weight excluding hydrogens is 370 g/mol. The van der Waals surface area contributed by atoms with Crippen LogP contribution >= 0.6 is 0 Å². The van der Waals surface area contributed by atoms with Crippen molar-refractivity contribution in [1.82, 2.24) is 4.90 Å². The van der Waals surface area contributed by atoms with Gasteiger partial charge in [-0.2, -0.15) is 0 Å². The molecule has 2 aliphatic heterocycles. The van der Waals surface area contributed by atoms with Crippen LogP contribution in [0, 0.1) is 6.92 Å². The molecular formula is C22H21N3O4. The standard InChI is InChI=1S/C22H21N3O4/c1-13-12-15(9-10-18(13)24-11-5-8-19(24)26)23-20(27)14(2)25-21(28)16-6-3-4-7-17(16)22(25)29/h3-4,6-7,9-10,12,14H,5,8,11H2,1-2H3,(H,23,27)/t14-/m0/s1. The van der Waals surface area contributed by atoms with Crippen molar-refractivity contribution in [2.75, 3.05) is 16.8 Å². The summed E-state index contributed by atoms with van der Waals surface area (Å²) in [6.45, 7) is 4.10. The van der Waals surface area contributed by atoms with Crippen LogP contribution in [0.1, 0.15) is 46.0 Å². The Balaban J connectivity index is 1.50. The van der Waals surface area contributed by atoms with Crippen molar-refractivity contribution < 1.29 is 19.2 Å². The third-order valence-corrected chi connectivity index (χ3v) is 5.42. The molecule has 0 unspecified atom stereocenters. The average Bonchev–Trinajstić information content (AvgIpc) is 3.23. The van der Waals surface area contributed by atoms with E-state index in [0.717, 1.165) is 22.6 Å². The van der Waals surface area contributed by atoms with E-state index in [-0.39, 0.29) is 5.91 Å². The van der Waals surface area contributed by atoms with Gasteiger partial charge in [0.05, 0.1) is 11.1 Å². The molecule has 29 heavy (non-hydrogen) atoms. The lowest BCUT2D eigenvalue weighted by molar-refractivity contribution is -0.119. The molecule has 2 aromatic carbocycles. The molecule has 2 aliphatic rings. The Hall–Kier alpha value is -3.48. The minimum Gasteiger partial charge on any atom is -0.324 e. The van der Waals surface area contributed by atoms with Gasteiger partial charge in [0, 0.05) is 24.3 Å². The summed E-state index contributed by atoms with van der Waals surface area (Å²) in [4.78, 5) is 52.6. The number of nitrogens with one attached hydrogen (secondary N) is 1. The zero-order valence-corrected chi connectivity index (χ0v) is 16.3. The fraction of sp³-hybridized carbons (Fsp3) is 0.273. The summed E-state index contributed by atoms with van der Waals surface area (Å²) in [5.41, 5.74) is 2.87. The van der Waals surface area contributed by atoms with Crippen molar-refractivity contribution in [3.63, 3.8) is 0 Å². The summed E-state index contributed by atoms with van der Waals surface area (Å²) < 4.78 is 0. The molecule has 7 nitrogen and oxygen atoms in total. The van der Waals surface area contributed by atoms with Crippen molar-refractivity contribution in [2.45, 2.75) is 32.7 Å². The number of hydrogen-bond donors (Lipinski definition) is 1. The maximum Gasteiger partial charge on any atom is 0.262 e. The van der Waals surface area contributed by atoms with Gasteiger partial charge in [-0.05, 0) is 56.2 Å². The highest BCUT2D eigenvalue weighted by molar-refractivity contribution is 6.23. The highest BCUT2D eigenvalue weighted by Crippen LogP contribution is 2.28. The van der Waals surface area contributed by atoms with E-state index in [1.807, 2.05) is 6.92 Å². The molecule has 7 heteroatoms. The van der Waals surface area contributed by atoms with Gasteiger partial charge in [0.2, 0.25) is 11.8 Å². The van der Waals surface area contributed by atoms with Gasteiger partial charge in [-0.25, -0.2) is 0 Å². The third kappa shape index (κ3) is 3.18. The summed E-state index contributed by atoms with van der Waals surface area (Å²) in [5, 5.41) is 2.77. The Morgan fingerprint density at radius 3 is 2.24 bits per heavy atom. The van der Waals surface area contributed by atoms with Gasteiger partial charge >= 0.3 is 0 Å². The maximum atomic E-state index is 12.7. The second-order valence-electron chi connectivity index (χ2n) is 7.34. The normalized spacial score (nSPS) is 17.0. The number of imide groups is 1. The second-order valence-corrected chi connectivity index (χ2v) is 7.34. The van der Waals surface area contributed by atoms with Crippen LogP contribution in [0.4, 0.5) is 11.4 Å². The molecule has 4 amide bonds. The lowest BCUT2D eigenvalue weighted by Crippen LogP contribution is -2.45. The van der Waals surface area contributed by atoms with E-state index in [4.69, 9.17) is 0 Å². The quantitative estimate of drug-likeness (QED) is 0.812. The number of anilines is 2. The minimum atomic E-state index is -0.956. The predicted octanol–water partition coefficient (Wildman–Crippen LogP) is 2.75. The zero-order chi connectivity index (χ0) is 20.7. The fourth-order valence-corrected chi connectivity index (χ4v) is 3.86. The first-order valence-electron chi connectivity index (χ1n) is 9.57. The number of rotatable bonds is 4. The molecule has 1 N–H and O–H groups in total. The fourth-order valence-electron chi connectivity index (χ4n) is 3.86. The van der Waals surface area contributed by atoms with Crippen molar-refractivity contribution in [3.05, 3.63) is 59.2 Å². The maximum absolute atomic E-state index is 12.7. The average molecular weight is 391 g/mol. The number of benzene rings is 2. The molecule has 1 fully saturated rings. The molecule has 0 saturated carbocycles. The summed E-state index contributed by atoms with van der Waals surface area (Å²) in [6.07, 6.45) is 1.39. The SMILES string of the molecule is Cc1cc(NC(=O)[C@H](C)N2C(=O)c3ccccc3C2=O)ccc1N1CCCC1=O. The van der Waals surface area contributed by atoms with Crippen LogP contribution < -0.4 is 10.2 Å². The van der Waals surface area contributed by atoms with E-state index in [9.17, 15) is 19.2 Å². The summed E-state index contributed by atoms with van der Waals surface area (Å²) in [5.74, 6) is -1.28. The highest BCUT2D eigenvalue weighted by atomic mass is 16.2. The molecule has 4 rings (SSSR count). The summed E-state index contributed by atoms with van der Waals surface area (Å²) >= 11 is 0. The lowest BCUT2D eigenvalue weighted by atomic mass is 10.1. The van der Waals surface area contributed by atoms with Crippen molar-refractivity contribution in [2.24, 2.45) is 0 Å². The molecule has 148 valence electrons. The third-order valence-electron chi connectivity index (χ3n) is 5.42. The van der Waals surface area contributed by atoms with Gasteiger partial charge in [-0.15, -0.1) is 0 Å². The molecule has 0 aromatic heterocycles. The summed E-state index contributed by atoms with van der Waals surface area (Å²) in [7, 11) is 0. The van der Waals surface area contributed by atoms with Crippen molar-refractivity contribution in [3.8, 4) is 0 Å². The number of aryl methyl sites for hydroxylation is 1. The molecule has 1 atom stereocenters. The number of amides is 4. The van der Waals surface area contributed by atoms with Crippen LogP contribution in [0.3, 0.4) is 0 Å². The largest absolute Gasteiger partial charge is 0.324 e. The highest BCUT2D eigenvalue weighted by Gasteiger charge is 2.40. The monoisotopic (exact) mass is 391 g/mol. The Morgan fingerprint density at radius 2 is 1.69 bits per heavy atom. The molecule has 0 radical (unpaired) electrons. The predicted molar refractivity (Wildman–Crippen MR) is 108 cm³/mol. The number of fused-ring (bicyclic) bond motifs is 1. The van der Waals surface area contributed by atoms with Crippen LogP contribution in [-0.2, 0) is 9.59 Å². The van der Waals surface area contributed by atoms with E-state index in [0.29, 0.717) is 29.8 Å². The Morgan fingerprint density at radius 1 is 1.03 bits per heavy atom. The number of carbonyl (C=O) groups is 4. The first-order valence-corrected chi connectivity index (χ1v) is 9.57. The van der Waals surface area contributed by atoms with Gasteiger partial charge in [0.15, 0.2) is 0 Å².